The third-order valence-corrected chi connectivity index (χ3v) is 5.59. The fourth-order valence-corrected chi connectivity index (χ4v) is 3.81. The quantitative estimate of drug-likeness (QED) is 0.612. The minimum absolute atomic E-state index is 0.148. The summed E-state index contributed by atoms with van der Waals surface area (Å²) < 4.78 is 13.8. The number of benzene rings is 2. The van der Waals surface area contributed by atoms with Crippen LogP contribution in [-0.2, 0) is 21.9 Å². The van der Waals surface area contributed by atoms with Gasteiger partial charge in [0.15, 0.2) is 0 Å². The highest BCUT2D eigenvalue weighted by molar-refractivity contribution is 7.99. The number of thioether (sulfide) groups is 1. The summed E-state index contributed by atoms with van der Waals surface area (Å²) in [5.41, 5.74) is 1.03. The zero-order chi connectivity index (χ0) is 22.3. The Morgan fingerprint density at radius 1 is 1.13 bits per heavy atom. The molecule has 2 aromatic carbocycles. The van der Waals surface area contributed by atoms with Crippen molar-refractivity contribution in [2.24, 2.45) is 0 Å². The van der Waals surface area contributed by atoms with Crippen molar-refractivity contribution in [1.82, 2.24) is 10.2 Å². The Balaban J connectivity index is 2.10. The second kappa shape index (κ2) is 10.8. The van der Waals surface area contributed by atoms with Crippen LogP contribution in [0.1, 0.15) is 38.8 Å². The van der Waals surface area contributed by atoms with Crippen molar-refractivity contribution in [2.45, 2.75) is 51.6 Å². The van der Waals surface area contributed by atoms with E-state index < -0.39 is 11.6 Å². The SMILES string of the molecule is C[C@H](C(=O)NC(C)(C)C)N(Cc1ccc(Cl)cc1)C(=O)CSCc1ccccc1F. The van der Waals surface area contributed by atoms with Crippen molar-refractivity contribution in [3.63, 3.8) is 0 Å². The van der Waals surface area contributed by atoms with Crippen molar-refractivity contribution < 1.29 is 14.0 Å². The second-order valence-electron chi connectivity index (χ2n) is 8.15. The van der Waals surface area contributed by atoms with Gasteiger partial charge in [0.2, 0.25) is 11.8 Å². The van der Waals surface area contributed by atoms with Crippen LogP contribution in [0.15, 0.2) is 48.5 Å². The van der Waals surface area contributed by atoms with Crippen LogP contribution in [-0.4, -0.2) is 34.0 Å². The van der Waals surface area contributed by atoms with Gasteiger partial charge in [0.05, 0.1) is 5.75 Å². The van der Waals surface area contributed by atoms with Crippen LogP contribution in [0.2, 0.25) is 5.02 Å². The Kier molecular flexibility index (Phi) is 8.74. The molecular weight excluding hydrogens is 423 g/mol. The predicted octanol–water partition coefficient (Wildman–Crippen LogP) is 5.04. The highest BCUT2D eigenvalue weighted by Crippen LogP contribution is 2.19. The van der Waals surface area contributed by atoms with Crippen LogP contribution in [0.25, 0.3) is 0 Å². The van der Waals surface area contributed by atoms with E-state index in [4.69, 9.17) is 11.6 Å². The summed E-state index contributed by atoms with van der Waals surface area (Å²) in [5, 5.41) is 3.54. The third kappa shape index (κ3) is 7.65. The van der Waals surface area contributed by atoms with Gasteiger partial charge in [0, 0.05) is 22.9 Å². The molecule has 1 atom stereocenters. The first-order chi connectivity index (χ1) is 14.1. The summed E-state index contributed by atoms with van der Waals surface area (Å²) in [6.45, 7) is 7.69. The number of amides is 2. The van der Waals surface area contributed by atoms with E-state index in [2.05, 4.69) is 5.32 Å². The molecule has 0 saturated carbocycles. The third-order valence-electron chi connectivity index (χ3n) is 4.37. The molecule has 4 nitrogen and oxygen atoms in total. The van der Waals surface area contributed by atoms with Crippen LogP contribution in [0.4, 0.5) is 4.39 Å². The smallest absolute Gasteiger partial charge is 0.242 e. The van der Waals surface area contributed by atoms with Crippen LogP contribution < -0.4 is 5.32 Å². The van der Waals surface area contributed by atoms with Gasteiger partial charge in [-0.05, 0) is 57.0 Å². The summed E-state index contributed by atoms with van der Waals surface area (Å²) in [5.74, 6) is -0.148. The first kappa shape index (κ1) is 24.2. The topological polar surface area (TPSA) is 49.4 Å². The van der Waals surface area contributed by atoms with Crippen molar-refractivity contribution in [3.8, 4) is 0 Å². The lowest BCUT2D eigenvalue weighted by Gasteiger charge is -2.31. The summed E-state index contributed by atoms with van der Waals surface area (Å²) in [7, 11) is 0. The molecule has 7 heteroatoms. The number of hydrogen-bond donors (Lipinski definition) is 1. The van der Waals surface area contributed by atoms with Crippen molar-refractivity contribution >= 4 is 35.2 Å². The van der Waals surface area contributed by atoms with Gasteiger partial charge in [-0.1, -0.05) is 41.9 Å². The molecule has 0 bridgehead atoms. The van der Waals surface area contributed by atoms with Crippen LogP contribution in [0.5, 0.6) is 0 Å². The van der Waals surface area contributed by atoms with Crippen molar-refractivity contribution in [2.75, 3.05) is 5.75 Å². The van der Waals surface area contributed by atoms with Crippen LogP contribution in [0, 0.1) is 5.82 Å². The van der Waals surface area contributed by atoms with Gasteiger partial charge in [0.25, 0.3) is 0 Å². The average Bonchev–Trinajstić information content (AvgIpc) is 2.67. The number of halogens is 2. The van der Waals surface area contributed by atoms with E-state index in [9.17, 15) is 14.0 Å². The first-order valence-corrected chi connectivity index (χ1v) is 11.3. The molecule has 30 heavy (non-hydrogen) atoms. The highest BCUT2D eigenvalue weighted by atomic mass is 35.5. The molecule has 0 radical (unpaired) electrons. The number of carbonyl (C=O) groups is 2. The number of carbonyl (C=O) groups excluding carboxylic acids is 2. The van der Waals surface area contributed by atoms with E-state index in [-0.39, 0.29) is 29.9 Å². The molecule has 0 spiro atoms. The lowest BCUT2D eigenvalue weighted by molar-refractivity contribution is -0.139. The Labute approximate surface area is 187 Å². The molecule has 0 unspecified atom stereocenters. The van der Waals surface area contributed by atoms with Gasteiger partial charge in [-0.3, -0.25) is 9.59 Å². The number of nitrogens with zero attached hydrogens (tertiary/aromatic N) is 1. The number of nitrogens with one attached hydrogen (secondary N) is 1. The number of rotatable bonds is 8. The normalized spacial score (nSPS) is 12.3. The monoisotopic (exact) mass is 450 g/mol. The van der Waals surface area contributed by atoms with E-state index in [0.29, 0.717) is 16.3 Å². The summed E-state index contributed by atoms with van der Waals surface area (Å²) in [6.07, 6.45) is 0. The van der Waals surface area contributed by atoms with Gasteiger partial charge >= 0.3 is 0 Å². The molecule has 2 aromatic rings. The summed E-state index contributed by atoms with van der Waals surface area (Å²) >= 11 is 7.29. The van der Waals surface area contributed by atoms with Crippen LogP contribution in [0.3, 0.4) is 0 Å². The van der Waals surface area contributed by atoms with Gasteiger partial charge in [-0.25, -0.2) is 4.39 Å². The minimum Gasteiger partial charge on any atom is -0.350 e. The first-order valence-electron chi connectivity index (χ1n) is 9.74. The minimum atomic E-state index is -0.651. The Morgan fingerprint density at radius 3 is 2.37 bits per heavy atom. The zero-order valence-electron chi connectivity index (χ0n) is 17.7. The summed E-state index contributed by atoms with van der Waals surface area (Å²) in [4.78, 5) is 27.3. The summed E-state index contributed by atoms with van der Waals surface area (Å²) in [6, 6.07) is 13.1. The maximum Gasteiger partial charge on any atom is 0.242 e. The van der Waals surface area contributed by atoms with Gasteiger partial charge in [-0.2, -0.15) is 0 Å². The lowest BCUT2D eigenvalue weighted by atomic mass is 10.1. The largest absolute Gasteiger partial charge is 0.350 e. The lowest BCUT2D eigenvalue weighted by Crippen LogP contribution is -2.52. The standard InChI is InChI=1S/C23H28ClFN2O2S/c1-16(22(29)26-23(2,3)4)27(13-17-9-11-19(24)12-10-17)21(28)15-30-14-18-7-5-6-8-20(18)25/h5-12,16H,13-15H2,1-4H3,(H,26,29)/t16-/m1/s1. The fourth-order valence-electron chi connectivity index (χ4n) is 2.79. The van der Waals surface area contributed by atoms with Crippen molar-refractivity contribution in [3.05, 3.63) is 70.5 Å². The van der Waals surface area contributed by atoms with E-state index >= 15 is 0 Å². The van der Waals surface area contributed by atoms with Crippen molar-refractivity contribution in [1.29, 1.82) is 0 Å². The average molecular weight is 451 g/mol. The maximum absolute atomic E-state index is 13.8. The van der Waals surface area contributed by atoms with E-state index in [1.807, 2.05) is 32.9 Å². The zero-order valence-corrected chi connectivity index (χ0v) is 19.3. The molecule has 2 amide bonds. The van der Waals surface area contributed by atoms with E-state index in [1.54, 1.807) is 42.2 Å². The molecule has 0 fully saturated rings. The Hall–Kier alpha value is -2.05. The molecule has 0 aromatic heterocycles. The van der Waals surface area contributed by atoms with Gasteiger partial charge < -0.3 is 10.2 Å². The molecular formula is C23H28ClFN2O2S. The highest BCUT2D eigenvalue weighted by Gasteiger charge is 2.28. The molecule has 2 rings (SSSR count). The van der Waals surface area contributed by atoms with E-state index in [1.165, 1.54) is 17.8 Å². The molecule has 1 N–H and O–H groups in total. The maximum atomic E-state index is 13.8. The molecule has 0 aliphatic rings. The fraction of sp³-hybridized carbons (Fsp3) is 0.391. The molecule has 0 aliphatic carbocycles. The molecule has 0 heterocycles. The Morgan fingerprint density at radius 2 is 1.77 bits per heavy atom. The van der Waals surface area contributed by atoms with Gasteiger partial charge in [0.1, 0.15) is 11.9 Å². The van der Waals surface area contributed by atoms with Crippen LogP contribution >= 0.6 is 23.4 Å². The molecule has 162 valence electrons. The number of hydrogen-bond acceptors (Lipinski definition) is 3. The second-order valence-corrected chi connectivity index (χ2v) is 9.57. The Bertz CT molecular complexity index is 868. The predicted molar refractivity (Wildman–Crippen MR) is 122 cm³/mol. The van der Waals surface area contributed by atoms with Gasteiger partial charge in [-0.15, -0.1) is 11.8 Å². The molecule has 0 saturated heterocycles. The van der Waals surface area contributed by atoms with E-state index in [0.717, 1.165) is 5.56 Å². The molecule has 0 aliphatic heterocycles.